The van der Waals surface area contributed by atoms with E-state index in [-0.39, 0.29) is 29.8 Å². The third-order valence-electron chi connectivity index (χ3n) is 3.59. The van der Waals surface area contributed by atoms with Gasteiger partial charge in [0.1, 0.15) is 25.1 Å². The summed E-state index contributed by atoms with van der Waals surface area (Å²) < 4.78 is 16.9. The zero-order valence-corrected chi connectivity index (χ0v) is 14.2. The Labute approximate surface area is 139 Å². The molecule has 1 aliphatic carbocycles. The van der Waals surface area contributed by atoms with Crippen molar-refractivity contribution >= 4 is 37.8 Å². The van der Waals surface area contributed by atoms with E-state index in [1.807, 2.05) is 24.3 Å². The molecule has 4 nitrogen and oxygen atoms in total. The van der Waals surface area contributed by atoms with Gasteiger partial charge < -0.3 is 14.2 Å². The summed E-state index contributed by atoms with van der Waals surface area (Å²) in [7, 11) is 0. The monoisotopic (exact) mass is 416 g/mol. The van der Waals surface area contributed by atoms with Gasteiger partial charge in [-0.25, -0.2) is 4.79 Å². The molecule has 4 unspecified atom stereocenters. The van der Waals surface area contributed by atoms with Crippen LogP contribution in [0.25, 0.3) is 0 Å². The summed E-state index contributed by atoms with van der Waals surface area (Å²) in [6, 6.07) is 8.95. The van der Waals surface area contributed by atoms with Crippen molar-refractivity contribution in [3.63, 3.8) is 0 Å². The van der Waals surface area contributed by atoms with Crippen LogP contribution in [0.2, 0.25) is 0 Å². The van der Waals surface area contributed by atoms with Crippen molar-refractivity contribution < 1.29 is 19.0 Å². The van der Waals surface area contributed by atoms with Crippen molar-refractivity contribution in [3.05, 3.63) is 47.5 Å². The number of halogens is 2. The molecule has 3 rings (SSSR count). The van der Waals surface area contributed by atoms with Crippen molar-refractivity contribution in [1.82, 2.24) is 0 Å². The molecule has 0 N–H and O–H groups in total. The smallest absolute Gasteiger partial charge is 0.338 e. The minimum absolute atomic E-state index is 0.0966. The summed E-state index contributed by atoms with van der Waals surface area (Å²) in [6.45, 7) is 0.221. The standard InChI is InChI=1S/C15H14Br2O4/c16-7-10-6-11(17)13(14-12(10)19-8-20-14)21-15(18)9-4-2-1-3-5-9/h1-6,11-14H,7-8H2. The maximum Gasteiger partial charge on any atom is 0.338 e. The van der Waals surface area contributed by atoms with E-state index in [9.17, 15) is 4.79 Å². The summed E-state index contributed by atoms with van der Waals surface area (Å²) in [5.74, 6) is -0.352. The number of ether oxygens (including phenoxy) is 3. The molecule has 112 valence electrons. The van der Waals surface area contributed by atoms with E-state index < -0.39 is 6.10 Å². The van der Waals surface area contributed by atoms with Gasteiger partial charge in [-0.1, -0.05) is 56.1 Å². The molecule has 0 saturated carbocycles. The minimum Gasteiger partial charge on any atom is -0.454 e. The van der Waals surface area contributed by atoms with Crippen LogP contribution in [0.5, 0.6) is 0 Å². The molecule has 0 bridgehead atoms. The molecule has 1 heterocycles. The maximum atomic E-state index is 12.2. The van der Waals surface area contributed by atoms with Crippen LogP contribution < -0.4 is 0 Å². The average Bonchev–Trinajstić information content (AvgIpc) is 3.00. The highest BCUT2D eigenvalue weighted by atomic mass is 79.9. The Morgan fingerprint density at radius 1 is 1.29 bits per heavy atom. The largest absolute Gasteiger partial charge is 0.454 e. The predicted octanol–water partition coefficient (Wildman–Crippen LogP) is 3.05. The SMILES string of the molecule is O=C(OC1C(Br)C=C(CBr)C2OCOC21)c1ccccc1. The summed E-state index contributed by atoms with van der Waals surface area (Å²) in [6.07, 6.45) is 1.17. The van der Waals surface area contributed by atoms with Gasteiger partial charge in [0.2, 0.25) is 0 Å². The first kappa shape index (κ1) is 15.2. The van der Waals surface area contributed by atoms with E-state index in [1.54, 1.807) is 12.1 Å². The molecule has 1 fully saturated rings. The molecule has 2 aliphatic rings. The van der Waals surface area contributed by atoms with Crippen molar-refractivity contribution in [3.8, 4) is 0 Å². The number of carbonyl (C=O) groups excluding carboxylic acids is 1. The summed E-state index contributed by atoms with van der Waals surface area (Å²) in [5.41, 5.74) is 1.63. The topological polar surface area (TPSA) is 44.8 Å². The fraction of sp³-hybridized carbons (Fsp3) is 0.400. The number of alkyl halides is 2. The minimum atomic E-state index is -0.409. The van der Waals surface area contributed by atoms with Gasteiger partial charge in [0.15, 0.2) is 0 Å². The number of rotatable bonds is 3. The van der Waals surface area contributed by atoms with E-state index in [0.717, 1.165) is 5.57 Å². The van der Waals surface area contributed by atoms with E-state index in [2.05, 4.69) is 31.9 Å². The molecular formula is C15H14Br2O4. The van der Waals surface area contributed by atoms with Crippen LogP contribution in [-0.2, 0) is 14.2 Å². The zero-order chi connectivity index (χ0) is 14.8. The predicted molar refractivity (Wildman–Crippen MR) is 84.9 cm³/mol. The fourth-order valence-electron chi connectivity index (χ4n) is 2.55. The average molecular weight is 418 g/mol. The van der Waals surface area contributed by atoms with Crippen molar-refractivity contribution in [2.75, 3.05) is 12.1 Å². The molecule has 0 spiro atoms. The number of hydrogen-bond acceptors (Lipinski definition) is 4. The lowest BCUT2D eigenvalue weighted by Gasteiger charge is -2.33. The molecule has 1 aromatic carbocycles. The lowest BCUT2D eigenvalue weighted by atomic mass is 9.92. The van der Waals surface area contributed by atoms with Gasteiger partial charge in [0, 0.05) is 5.33 Å². The molecule has 0 radical (unpaired) electrons. The molecule has 1 aliphatic heterocycles. The van der Waals surface area contributed by atoms with Gasteiger partial charge in [-0.2, -0.15) is 0 Å². The second kappa shape index (κ2) is 6.60. The number of benzene rings is 1. The van der Waals surface area contributed by atoms with Crippen LogP contribution in [0, 0.1) is 0 Å². The first-order chi connectivity index (χ1) is 10.2. The fourth-order valence-corrected chi connectivity index (χ4v) is 3.81. The zero-order valence-electron chi connectivity index (χ0n) is 11.1. The van der Waals surface area contributed by atoms with Crippen LogP contribution in [0.15, 0.2) is 42.0 Å². The van der Waals surface area contributed by atoms with Gasteiger partial charge >= 0.3 is 5.97 Å². The third-order valence-corrected chi connectivity index (χ3v) is 5.02. The van der Waals surface area contributed by atoms with Gasteiger partial charge in [-0.3, -0.25) is 0 Å². The highest BCUT2D eigenvalue weighted by Gasteiger charge is 2.46. The van der Waals surface area contributed by atoms with Crippen LogP contribution in [0.3, 0.4) is 0 Å². The van der Waals surface area contributed by atoms with E-state index in [1.165, 1.54) is 0 Å². The first-order valence-electron chi connectivity index (χ1n) is 6.60. The maximum absolute atomic E-state index is 12.2. The van der Waals surface area contributed by atoms with Gasteiger partial charge in [-0.05, 0) is 17.7 Å². The summed E-state index contributed by atoms with van der Waals surface area (Å²) >= 11 is 7.01. The Kier molecular flexibility index (Phi) is 4.78. The Morgan fingerprint density at radius 2 is 2.05 bits per heavy atom. The molecule has 0 aromatic heterocycles. The molecule has 1 aromatic rings. The number of carbonyl (C=O) groups is 1. The van der Waals surface area contributed by atoms with Crippen molar-refractivity contribution in [2.45, 2.75) is 23.1 Å². The summed E-state index contributed by atoms with van der Waals surface area (Å²) in [5, 5.41) is 0.707. The molecule has 1 saturated heterocycles. The Bertz CT molecular complexity index is 546. The number of hydrogen-bond donors (Lipinski definition) is 0. The second-order valence-electron chi connectivity index (χ2n) is 4.89. The summed E-state index contributed by atoms with van der Waals surface area (Å²) in [4.78, 5) is 12.1. The normalized spacial score (nSPS) is 31.4. The van der Waals surface area contributed by atoms with Crippen molar-refractivity contribution in [1.29, 1.82) is 0 Å². The number of esters is 1. The van der Waals surface area contributed by atoms with Gasteiger partial charge in [-0.15, -0.1) is 0 Å². The van der Waals surface area contributed by atoms with E-state index in [4.69, 9.17) is 14.2 Å². The molecule has 4 atom stereocenters. The highest BCUT2D eigenvalue weighted by molar-refractivity contribution is 9.09. The molecule has 21 heavy (non-hydrogen) atoms. The van der Waals surface area contributed by atoms with Crippen molar-refractivity contribution in [2.24, 2.45) is 0 Å². The quantitative estimate of drug-likeness (QED) is 0.430. The Balaban J connectivity index is 1.79. The van der Waals surface area contributed by atoms with Gasteiger partial charge in [0.05, 0.1) is 10.4 Å². The lowest BCUT2D eigenvalue weighted by molar-refractivity contribution is -0.0307. The second-order valence-corrected chi connectivity index (χ2v) is 6.51. The van der Waals surface area contributed by atoms with E-state index in [0.29, 0.717) is 10.9 Å². The third kappa shape index (κ3) is 3.08. The van der Waals surface area contributed by atoms with Crippen LogP contribution >= 0.6 is 31.9 Å². The van der Waals surface area contributed by atoms with E-state index >= 15 is 0 Å². The van der Waals surface area contributed by atoms with Crippen LogP contribution in [-0.4, -0.2) is 41.2 Å². The Hall–Kier alpha value is -0.690. The molecular weight excluding hydrogens is 404 g/mol. The highest BCUT2D eigenvalue weighted by Crippen LogP contribution is 2.35. The molecule has 0 amide bonds. The van der Waals surface area contributed by atoms with Gasteiger partial charge in [0.25, 0.3) is 0 Å². The van der Waals surface area contributed by atoms with Crippen LogP contribution in [0.4, 0.5) is 0 Å². The number of fused-ring (bicyclic) bond motifs is 1. The lowest BCUT2D eigenvalue weighted by Crippen LogP contribution is -2.47. The first-order valence-corrected chi connectivity index (χ1v) is 8.64. The molecule has 6 heteroatoms. The van der Waals surface area contributed by atoms with Crippen LogP contribution in [0.1, 0.15) is 10.4 Å². The Morgan fingerprint density at radius 3 is 2.76 bits per heavy atom.